The van der Waals surface area contributed by atoms with Crippen molar-refractivity contribution in [2.24, 2.45) is 0 Å². The molecule has 1 N–H and O–H groups in total. The van der Waals surface area contributed by atoms with Gasteiger partial charge in [0.15, 0.2) is 0 Å². The van der Waals surface area contributed by atoms with Crippen molar-refractivity contribution in [2.45, 2.75) is 45.1 Å². The molecule has 0 aromatic rings. The van der Waals surface area contributed by atoms with Gasteiger partial charge in [0.25, 0.3) is 0 Å². The van der Waals surface area contributed by atoms with Gasteiger partial charge < -0.3 is 10.2 Å². The van der Waals surface area contributed by atoms with Crippen LogP contribution in [0.2, 0.25) is 0 Å². The molecule has 94 valence electrons. The van der Waals surface area contributed by atoms with Crippen LogP contribution in [-0.2, 0) is 4.79 Å². The van der Waals surface area contributed by atoms with Gasteiger partial charge in [-0.3, -0.25) is 4.79 Å². The van der Waals surface area contributed by atoms with Gasteiger partial charge in [-0.25, -0.2) is 0 Å². The minimum Gasteiger partial charge on any atom is -0.352 e. The quantitative estimate of drug-likeness (QED) is 0.576. The van der Waals surface area contributed by atoms with Crippen molar-refractivity contribution in [2.75, 3.05) is 25.0 Å². The lowest BCUT2D eigenvalue weighted by atomic mass is 10.2. The van der Waals surface area contributed by atoms with Gasteiger partial charge in [-0.2, -0.15) is 0 Å². The molecule has 0 saturated carbocycles. The Morgan fingerprint density at radius 2 is 2.06 bits per heavy atom. The van der Waals surface area contributed by atoms with E-state index in [-0.39, 0.29) is 11.9 Å². The molecular formula is C12H23BrN2O. The number of halogens is 1. The molecule has 1 unspecified atom stereocenters. The molecule has 1 fully saturated rings. The highest BCUT2D eigenvalue weighted by molar-refractivity contribution is 9.09. The highest BCUT2D eigenvalue weighted by Crippen LogP contribution is 2.07. The molecule has 1 aliphatic rings. The number of carbonyl (C=O) groups excluding carboxylic acids is 1. The number of likely N-dealkylation sites (tertiary alicyclic amines) is 1. The Morgan fingerprint density at radius 3 is 2.69 bits per heavy atom. The first-order chi connectivity index (χ1) is 7.72. The molecular weight excluding hydrogens is 268 g/mol. The second-order valence-electron chi connectivity index (χ2n) is 4.62. The SMILES string of the molecule is CC(CN1CCCC1)NC(=O)CCCCBr. The fourth-order valence-electron chi connectivity index (χ4n) is 2.13. The summed E-state index contributed by atoms with van der Waals surface area (Å²) in [6.45, 7) is 5.50. The monoisotopic (exact) mass is 290 g/mol. The summed E-state index contributed by atoms with van der Waals surface area (Å²) in [5.41, 5.74) is 0. The molecule has 0 spiro atoms. The van der Waals surface area contributed by atoms with E-state index in [1.807, 2.05) is 0 Å². The molecule has 1 amide bonds. The minimum absolute atomic E-state index is 0.202. The third-order valence-electron chi connectivity index (χ3n) is 2.93. The number of unbranched alkanes of at least 4 members (excludes halogenated alkanes) is 1. The summed E-state index contributed by atoms with van der Waals surface area (Å²) in [7, 11) is 0. The first kappa shape index (κ1) is 14.0. The molecule has 3 nitrogen and oxygen atoms in total. The van der Waals surface area contributed by atoms with Crippen molar-refractivity contribution in [3.63, 3.8) is 0 Å². The Kier molecular flexibility index (Phi) is 7.05. The average molecular weight is 291 g/mol. The summed E-state index contributed by atoms with van der Waals surface area (Å²) in [4.78, 5) is 14.0. The van der Waals surface area contributed by atoms with Crippen molar-refractivity contribution in [1.82, 2.24) is 10.2 Å². The van der Waals surface area contributed by atoms with Crippen molar-refractivity contribution in [3.8, 4) is 0 Å². The third kappa shape index (κ3) is 5.85. The number of nitrogens with one attached hydrogen (secondary N) is 1. The molecule has 0 aromatic carbocycles. The lowest BCUT2D eigenvalue weighted by Gasteiger charge is -2.21. The Morgan fingerprint density at radius 1 is 1.38 bits per heavy atom. The van der Waals surface area contributed by atoms with Crippen LogP contribution in [0.4, 0.5) is 0 Å². The molecule has 4 heteroatoms. The molecule has 1 rings (SSSR count). The second-order valence-corrected chi connectivity index (χ2v) is 5.42. The van der Waals surface area contributed by atoms with Crippen LogP contribution in [0.1, 0.15) is 39.0 Å². The fraction of sp³-hybridized carbons (Fsp3) is 0.917. The van der Waals surface area contributed by atoms with E-state index in [1.54, 1.807) is 0 Å². The molecule has 1 saturated heterocycles. The predicted molar refractivity (Wildman–Crippen MR) is 70.9 cm³/mol. The van der Waals surface area contributed by atoms with Gasteiger partial charge in [-0.15, -0.1) is 0 Å². The Balaban J connectivity index is 2.07. The number of nitrogens with zero attached hydrogens (tertiary/aromatic N) is 1. The van der Waals surface area contributed by atoms with Crippen LogP contribution in [0.25, 0.3) is 0 Å². The molecule has 0 aliphatic carbocycles. The zero-order chi connectivity index (χ0) is 11.8. The van der Waals surface area contributed by atoms with Gasteiger partial charge in [0.1, 0.15) is 0 Å². The van der Waals surface area contributed by atoms with Crippen LogP contribution in [0, 0.1) is 0 Å². The lowest BCUT2D eigenvalue weighted by molar-refractivity contribution is -0.121. The number of carbonyl (C=O) groups is 1. The summed E-state index contributed by atoms with van der Waals surface area (Å²) in [6.07, 6.45) is 5.34. The first-order valence-electron chi connectivity index (χ1n) is 6.30. The molecule has 1 heterocycles. The van der Waals surface area contributed by atoms with Crippen LogP contribution in [-0.4, -0.2) is 41.8 Å². The van der Waals surface area contributed by atoms with Gasteiger partial charge in [0.2, 0.25) is 5.91 Å². The maximum atomic E-state index is 11.6. The third-order valence-corrected chi connectivity index (χ3v) is 3.49. The number of rotatable bonds is 7. The molecule has 0 aromatic heterocycles. The Bertz CT molecular complexity index is 205. The van der Waals surface area contributed by atoms with Gasteiger partial charge in [0.05, 0.1) is 0 Å². The zero-order valence-electron chi connectivity index (χ0n) is 10.2. The van der Waals surface area contributed by atoms with Crippen LogP contribution in [0.15, 0.2) is 0 Å². The van der Waals surface area contributed by atoms with E-state index in [0.717, 1.165) is 24.7 Å². The molecule has 16 heavy (non-hydrogen) atoms. The van der Waals surface area contributed by atoms with Crippen LogP contribution >= 0.6 is 15.9 Å². The van der Waals surface area contributed by atoms with Crippen LogP contribution < -0.4 is 5.32 Å². The lowest BCUT2D eigenvalue weighted by Crippen LogP contribution is -2.40. The van der Waals surface area contributed by atoms with E-state index in [9.17, 15) is 4.79 Å². The Labute approximate surface area is 107 Å². The summed E-state index contributed by atoms with van der Waals surface area (Å²) in [6, 6.07) is 0.287. The standard InChI is InChI=1S/C12H23BrN2O/c1-11(10-15-8-4-5-9-15)14-12(16)6-2-3-7-13/h11H,2-10H2,1H3,(H,14,16). The van der Waals surface area contributed by atoms with E-state index in [0.29, 0.717) is 6.42 Å². The fourth-order valence-corrected chi connectivity index (χ4v) is 2.52. The van der Waals surface area contributed by atoms with Gasteiger partial charge in [0, 0.05) is 24.3 Å². The normalized spacial score (nSPS) is 18.6. The maximum absolute atomic E-state index is 11.6. The number of amides is 1. The molecule has 0 radical (unpaired) electrons. The van der Waals surface area contributed by atoms with Crippen molar-refractivity contribution < 1.29 is 4.79 Å². The molecule has 1 aliphatic heterocycles. The largest absolute Gasteiger partial charge is 0.352 e. The average Bonchev–Trinajstić information content (AvgIpc) is 2.70. The van der Waals surface area contributed by atoms with E-state index in [2.05, 4.69) is 33.1 Å². The maximum Gasteiger partial charge on any atom is 0.220 e. The first-order valence-corrected chi connectivity index (χ1v) is 7.42. The minimum atomic E-state index is 0.202. The summed E-state index contributed by atoms with van der Waals surface area (Å²) >= 11 is 3.37. The number of alkyl halides is 1. The zero-order valence-corrected chi connectivity index (χ0v) is 11.8. The van der Waals surface area contributed by atoms with Crippen molar-refractivity contribution in [1.29, 1.82) is 0 Å². The highest BCUT2D eigenvalue weighted by Gasteiger charge is 2.15. The van der Waals surface area contributed by atoms with Gasteiger partial charge in [-0.05, 0) is 45.7 Å². The van der Waals surface area contributed by atoms with Crippen LogP contribution in [0.3, 0.4) is 0 Å². The van der Waals surface area contributed by atoms with Crippen LogP contribution in [0.5, 0.6) is 0 Å². The topological polar surface area (TPSA) is 32.3 Å². The smallest absolute Gasteiger partial charge is 0.220 e. The van der Waals surface area contributed by atoms with Gasteiger partial charge in [-0.1, -0.05) is 15.9 Å². The van der Waals surface area contributed by atoms with E-state index >= 15 is 0 Å². The Hall–Kier alpha value is -0.0900. The number of hydrogen-bond donors (Lipinski definition) is 1. The van der Waals surface area contributed by atoms with E-state index in [1.165, 1.54) is 25.9 Å². The van der Waals surface area contributed by atoms with Crippen molar-refractivity contribution >= 4 is 21.8 Å². The summed E-state index contributed by atoms with van der Waals surface area (Å²) < 4.78 is 0. The predicted octanol–water partition coefficient (Wildman–Crippen LogP) is 2.15. The molecule has 0 bridgehead atoms. The highest BCUT2D eigenvalue weighted by atomic mass is 79.9. The van der Waals surface area contributed by atoms with E-state index in [4.69, 9.17) is 0 Å². The van der Waals surface area contributed by atoms with Crippen molar-refractivity contribution in [3.05, 3.63) is 0 Å². The molecule has 1 atom stereocenters. The number of hydrogen-bond acceptors (Lipinski definition) is 2. The van der Waals surface area contributed by atoms with E-state index < -0.39 is 0 Å². The second kappa shape index (κ2) is 8.07. The van der Waals surface area contributed by atoms with Gasteiger partial charge >= 0.3 is 0 Å². The summed E-state index contributed by atoms with van der Waals surface area (Å²) in [5, 5.41) is 4.06. The summed E-state index contributed by atoms with van der Waals surface area (Å²) in [5.74, 6) is 0.202.